The van der Waals surface area contributed by atoms with Gasteiger partial charge in [0, 0.05) is 13.0 Å². The molecule has 110 valence electrons. The van der Waals surface area contributed by atoms with Gasteiger partial charge in [0.2, 0.25) is 0 Å². The highest BCUT2D eigenvalue weighted by molar-refractivity contribution is 7.12. The van der Waals surface area contributed by atoms with Gasteiger partial charge in [-0.15, -0.1) is 11.3 Å². The minimum atomic E-state index is -0.334. The molecule has 2 rings (SSSR count). The Hall–Kier alpha value is -2.14. The minimum absolute atomic E-state index is 0.0270. The van der Waals surface area contributed by atoms with Crippen molar-refractivity contribution >= 4 is 23.2 Å². The second-order valence-electron chi connectivity index (χ2n) is 4.79. The number of carbonyl (C=O) groups is 2. The van der Waals surface area contributed by atoms with Gasteiger partial charge in [0.15, 0.2) is 0 Å². The average molecular weight is 303 g/mol. The second kappa shape index (κ2) is 7.04. The molecule has 0 aliphatic rings. The maximum atomic E-state index is 11.9. The number of nitrogens with one attached hydrogen (secondary N) is 1. The number of thiophene rings is 1. The van der Waals surface area contributed by atoms with Crippen LogP contribution < -0.4 is 10.1 Å². The van der Waals surface area contributed by atoms with E-state index >= 15 is 0 Å². The molecule has 0 spiro atoms. The van der Waals surface area contributed by atoms with Gasteiger partial charge < -0.3 is 10.1 Å². The summed E-state index contributed by atoms with van der Waals surface area (Å²) >= 11 is 1.43. The van der Waals surface area contributed by atoms with Crippen molar-refractivity contribution in [1.29, 1.82) is 0 Å². The molecule has 1 unspecified atom stereocenters. The Labute approximate surface area is 127 Å². The summed E-state index contributed by atoms with van der Waals surface area (Å²) in [6.07, 6.45) is 0.720. The zero-order chi connectivity index (χ0) is 15.2. The predicted octanol–water partition coefficient (Wildman–Crippen LogP) is 3.03. The van der Waals surface area contributed by atoms with Crippen LogP contribution in [0.4, 0.5) is 0 Å². The number of carbonyl (C=O) groups excluding carboxylic acids is 2. The third-order valence-corrected chi connectivity index (χ3v) is 3.72. The van der Waals surface area contributed by atoms with Gasteiger partial charge >= 0.3 is 5.97 Å². The topological polar surface area (TPSA) is 55.4 Å². The maximum Gasteiger partial charge on any atom is 0.308 e. The highest BCUT2D eigenvalue weighted by Crippen LogP contribution is 2.14. The molecule has 21 heavy (non-hydrogen) atoms. The van der Waals surface area contributed by atoms with Crippen LogP contribution in [0.5, 0.6) is 5.75 Å². The number of amides is 1. The number of esters is 1. The van der Waals surface area contributed by atoms with Crippen molar-refractivity contribution in [3.63, 3.8) is 0 Å². The fourth-order valence-electron chi connectivity index (χ4n) is 1.97. The lowest BCUT2D eigenvalue weighted by molar-refractivity contribution is -0.131. The van der Waals surface area contributed by atoms with Crippen LogP contribution in [0.3, 0.4) is 0 Å². The Kier molecular flexibility index (Phi) is 5.11. The molecule has 5 heteroatoms. The molecular formula is C16H17NO3S. The number of hydrogen-bond acceptors (Lipinski definition) is 4. The SMILES string of the molecule is CC(=O)Oc1ccc(CC(C)NC(=O)c2cccs2)cc1. The highest BCUT2D eigenvalue weighted by atomic mass is 32.1. The number of hydrogen-bond donors (Lipinski definition) is 1. The van der Waals surface area contributed by atoms with E-state index in [1.165, 1.54) is 18.3 Å². The van der Waals surface area contributed by atoms with Crippen LogP contribution in [-0.4, -0.2) is 17.9 Å². The second-order valence-corrected chi connectivity index (χ2v) is 5.74. The molecule has 0 fully saturated rings. The zero-order valence-corrected chi connectivity index (χ0v) is 12.8. The highest BCUT2D eigenvalue weighted by Gasteiger charge is 2.11. The molecule has 2 aromatic rings. The standard InChI is InChI=1S/C16H17NO3S/c1-11(17-16(19)15-4-3-9-21-15)10-13-5-7-14(8-6-13)20-12(2)18/h3-9,11H,10H2,1-2H3,(H,17,19). The number of benzene rings is 1. The molecule has 0 aliphatic heterocycles. The molecule has 1 amide bonds. The molecule has 4 nitrogen and oxygen atoms in total. The molecule has 0 aliphatic carbocycles. The quantitative estimate of drug-likeness (QED) is 0.682. The largest absolute Gasteiger partial charge is 0.427 e. The van der Waals surface area contributed by atoms with Crippen molar-refractivity contribution in [2.75, 3.05) is 0 Å². The molecule has 0 saturated heterocycles. The number of ether oxygens (including phenoxy) is 1. The summed E-state index contributed by atoms with van der Waals surface area (Å²) in [5.74, 6) is 0.148. The molecule has 0 saturated carbocycles. The van der Waals surface area contributed by atoms with E-state index in [1.807, 2.05) is 30.5 Å². The van der Waals surface area contributed by atoms with Crippen LogP contribution in [0.25, 0.3) is 0 Å². The summed E-state index contributed by atoms with van der Waals surface area (Å²) in [4.78, 5) is 23.5. The van der Waals surface area contributed by atoms with Crippen LogP contribution in [-0.2, 0) is 11.2 Å². The lowest BCUT2D eigenvalue weighted by Crippen LogP contribution is -2.33. The first kappa shape index (κ1) is 15.3. The molecular weight excluding hydrogens is 286 g/mol. The van der Waals surface area contributed by atoms with Crippen LogP contribution in [0.1, 0.15) is 29.1 Å². The first-order chi connectivity index (χ1) is 10.0. The van der Waals surface area contributed by atoms with E-state index in [4.69, 9.17) is 4.74 Å². The van der Waals surface area contributed by atoms with Crippen molar-refractivity contribution < 1.29 is 14.3 Å². The minimum Gasteiger partial charge on any atom is -0.427 e. The Bertz CT molecular complexity index is 605. The van der Waals surface area contributed by atoms with Crippen molar-refractivity contribution in [2.45, 2.75) is 26.3 Å². The summed E-state index contributed by atoms with van der Waals surface area (Å²) in [6, 6.07) is 11.0. The van der Waals surface area contributed by atoms with Gasteiger partial charge in [-0.2, -0.15) is 0 Å². The molecule has 1 heterocycles. The predicted molar refractivity (Wildman–Crippen MR) is 82.7 cm³/mol. The van der Waals surface area contributed by atoms with E-state index in [0.717, 1.165) is 12.0 Å². The van der Waals surface area contributed by atoms with Crippen molar-refractivity contribution in [3.8, 4) is 5.75 Å². The van der Waals surface area contributed by atoms with E-state index in [9.17, 15) is 9.59 Å². The summed E-state index contributed by atoms with van der Waals surface area (Å²) in [5, 5.41) is 4.85. The summed E-state index contributed by atoms with van der Waals surface area (Å²) < 4.78 is 4.98. The van der Waals surface area contributed by atoms with Crippen molar-refractivity contribution in [1.82, 2.24) is 5.32 Å². The normalized spacial score (nSPS) is 11.7. The van der Waals surface area contributed by atoms with Crippen molar-refractivity contribution in [2.24, 2.45) is 0 Å². The monoisotopic (exact) mass is 303 g/mol. The molecule has 1 aromatic heterocycles. The van der Waals surface area contributed by atoms with Crippen LogP contribution in [0.15, 0.2) is 41.8 Å². The maximum absolute atomic E-state index is 11.9. The van der Waals surface area contributed by atoms with Gasteiger partial charge in [-0.1, -0.05) is 18.2 Å². The molecule has 1 aromatic carbocycles. The first-order valence-electron chi connectivity index (χ1n) is 6.66. The third-order valence-electron chi connectivity index (χ3n) is 2.85. The summed E-state index contributed by atoms with van der Waals surface area (Å²) in [7, 11) is 0. The lowest BCUT2D eigenvalue weighted by Gasteiger charge is -2.13. The Morgan fingerprint density at radius 1 is 1.24 bits per heavy atom. The van der Waals surface area contributed by atoms with E-state index in [-0.39, 0.29) is 17.9 Å². The molecule has 1 atom stereocenters. The van der Waals surface area contributed by atoms with Gasteiger partial charge in [-0.25, -0.2) is 0 Å². The molecule has 0 radical (unpaired) electrons. The van der Waals surface area contributed by atoms with Gasteiger partial charge in [0.05, 0.1) is 4.88 Å². The Morgan fingerprint density at radius 2 is 1.95 bits per heavy atom. The van der Waals surface area contributed by atoms with Crippen molar-refractivity contribution in [3.05, 3.63) is 52.2 Å². The molecule has 0 bridgehead atoms. The van der Waals surface area contributed by atoms with Crippen LogP contribution in [0.2, 0.25) is 0 Å². The third kappa shape index (κ3) is 4.72. The zero-order valence-electron chi connectivity index (χ0n) is 12.0. The summed E-state index contributed by atoms with van der Waals surface area (Å²) in [6.45, 7) is 3.33. The van der Waals surface area contributed by atoms with Gasteiger partial charge in [-0.3, -0.25) is 9.59 Å². The van der Waals surface area contributed by atoms with Crippen LogP contribution in [0, 0.1) is 0 Å². The summed E-state index contributed by atoms with van der Waals surface area (Å²) in [5.41, 5.74) is 1.07. The fourth-order valence-corrected chi connectivity index (χ4v) is 2.59. The lowest BCUT2D eigenvalue weighted by atomic mass is 10.1. The van der Waals surface area contributed by atoms with Gasteiger partial charge in [0.1, 0.15) is 5.75 Å². The van der Waals surface area contributed by atoms with Gasteiger partial charge in [0.25, 0.3) is 5.91 Å². The molecule has 1 N–H and O–H groups in total. The van der Waals surface area contributed by atoms with E-state index in [2.05, 4.69) is 5.32 Å². The van der Waals surface area contributed by atoms with E-state index in [0.29, 0.717) is 10.6 Å². The first-order valence-corrected chi connectivity index (χ1v) is 7.54. The Balaban J connectivity index is 1.89. The smallest absolute Gasteiger partial charge is 0.308 e. The van der Waals surface area contributed by atoms with Crippen LogP contribution >= 0.6 is 11.3 Å². The van der Waals surface area contributed by atoms with E-state index < -0.39 is 0 Å². The fraction of sp³-hybridized carbons (Fsp3) is 0.250. The van der Waals surface area contributed by atoms with E-state index in [1.54, 1.807) is 18.2 Å². The van der Waals surface area contributed by atoms with Gasteiger partial charge in [-0.05, 0) is 42.5 Å². The number of rotatable bonds is 5. The average Bonchev–Trinajstić information content (AvgIpc) is 2.94. The Morgan fingerprint density at radius 3 is 2.52 bits per heavy atom.